The molecule has 0 saturated heterocycles. The normalized spacial score (nSPS) is 15.0. The number of aromatic nitrogens is 4. The van der Waals surface area contributed by atoms with Crippen LogP contribution in [0.5, 0.6) is 0 Å². The van der Waals surface area contributed by atoms with E-state index in [0.717, 1.165) is 54.3 Å². The first-order chi connectivity index (χ1) is 15.1. The third-order valence-electron chi connectivity index (χ3n) is 5.48. The van der Waals surface area contributed by atoms with Gasteiger partial charge in [-0.3, -0.25) is 14.8 Å². The van der Waals surface area contributed by atoms with Gasteiger partial charge in [-0.2, -0.15) is 5.10 Å². The first kappa shape index (κ1) is 20.7. The molecule has 0 saturated carbocycles. The zero-order chi connectivity index (χ0) is 21.8. The van der Waals surface area contributed by atoms with Crippen molar-refractivity contribution >= 4 is 17.7 Å². The van der Waals surface area contributed by atoms with Gasteiger partial charge in [0, 0.05) is 42.0 Å². The lowest BCUT2D eigenvalue weighted by molar-refractivity contribution is -0.116. The minimum absolute atomic E-state index is 0.288. The van der Waals surface area contributed by atoms with Gasteiger partial charge in [0.25, 0.3) is 5.91 Å². The Hall–Kier alpha value is -3.59. The number of hydrogen-bond donors (Lipinski definition) is 2. The molecule has 9 heteroatoms. The predicted octanol–water partition coefficient (Wildman–Crippen LogP) is 2.57. The maximum absolute atomic E-state index is 12.5. The molecule has 0 aliphatic carbocycles. The van der Waals surface area contributed by atoms with Gasteiger partial charge in [-0.1, -0.05) is 19.0 Å². The highest BCUT2D eigenvalue weighted by Crippen LogP contribution is 2.32. The largest absolute Gasteiger partial charge is 0.364 e. The second-order valence-electron chi connectivity index (χ2n) is 7.23. The van der Waals surface area contributed by atoms with Gasteiger partial charge in [0.05, 0.1) is 11.8 Å². The second-order valence-corrected chi connectivity index (χ2v) is 7.23. The molecule has 3 aromatic heterocycles. The van der Waals surface area contributed by atoms with E-state index in [1.54, 1.807) is 30.9 Å². The molecule has 4 heterocycles. The third kappa shape index (κ3) is 4.17. The zero-order valence-electron chi connectivity index (χ0n) is 17.8. The number of aryl methyl sites for hydroxylation is 1. The summed E-state index contributed by atoms with van der Waals surface area (Å²) in [6.45, 7) is 9.28. The Kier molecular flexibility index (Phi) is 6.03. The Balaban J connectivity index is 1.77. The highest BCUT2D eigenvalue weighted by molar-refractivity contribution is 6.32. The fourth-order valence-electron chi connectivity index (χ4n) is 3.78. The van der Waals surface area contributed by atoms with Crippen molar-refractivity contribution in [3.05, 3.63) is 59.1 Å². The van der Waals surface area contributed by atoms with E-state index in [2.05, 4.69) is 49.4 Å². The average molecular weight is 419 g/mol. The van der Waals surface area contributed by atoms with E-state index in [1.165, 1.54) is 0 Å². The van der Waals surface area contributed by atoms with Crippen LogP contribution in [0.25, 0.3) is 17.3 Å². The molecule has 0 fully saturated rings. The summed E-state index contributed by atoms with van der Waals surface area (Å²) in [5.41, 5.74) is 8.57. The Morgan fingerprint density at radius 2 is 2.03 bits per heavy atom. The molecule has 0 bridgehead atoms. The molecule has 0 unspecified atom stereocenters. The summed E-state index contributed by atoms with van der Waals surface area (Å²) < 4.78 is 5.12. The molecule has 0 aromatic carbocycles. The Bertz CT molecular complexity index is 1110. The van der Waals surface area contributed by atoms with Crippen LogP contribution in [0.2, 0.25) is 0 Å². The molecule has 1 aliphatic rings. The van der Waals surface area contributed by atoms with E-state index in [9.17, 15) is 4.79 Å². The van der Waals surface area contributed by atoms with Crippen molar-refractivity contribution < 1.29 is 9.32 Å². The molecular weight excluding hydrogens is 394 g/mol. The van der Waals surface area contributed by atoms with E-state index >= 15 is 0 Å². The van der Waals surface area contributed by atoms with Gasteiger partial charge in [-0.15, -0.1) is 0 Å². The number of aromatic amines is 1. The predicted molar refractivity (Wildman–Crippen MR) is 117 cm³/mol. The quantitative estimate of drug-likeness (QED) is 0.543. The number of nitrogens with one attached hydrogen (secondary N) is 2. The van der Waals surface area contributed by atoms with Crippen molar-refractivity contribution in [2.75, 3.05) is 19.6 Å². The third-order valence-corrected chi connectivity index (χ3v) is 5.48. The Labute approximate surface area is 180 Å². The molecule has 160 valence electrons. The van der Waals surface area contributed by atoms with Crippen LogP contribution in [-0.4, -0.2) is 56.3 Å². The van der Waals surface area contributed by atoms with Crippen molar-refractivity contribution in [3.8, 4) is 11.3 Å². The molecular formula is C22H25N7O2. The van der Waals surface area contributed by atoms with Crippen LogP contribution in [0.4, 0.5) is 0 Å². The van der Waals surface area contributed by atoms with E-state index in [-0.39, 0.29) is 5.91 Å². The minimum atomic E-state index is -0.288. The highest BCUT2D eigenvalue weighted by Gasteiger charge is 2.27. The molecule has 0 spiro atoms. The van der Waals surface area contributed by atoms with Crippen LogP contribution in [0.3, 0.4) is 0 Å². The van der Waals surface area contributed by atoms with Crippen LogP contribution in [0.1, 0.15) is 36.5 Å². The van der Waals surface area contributed by atoms with Crippen LogP contribution in [0, 0.1) is 6.92 Å². The van der Waals surface area contributed by atoms with E-state index in [1.807, 2.05) is 13.0 Å². The molecule has 2 N–H and O–H groups in total. The number of hydrogen-bond acceptors (Lipinski definition) is 7. The van der Waals surface area contributed by atoms with E-state index < -0.39 is 0 Å². The van der Waals surface area contributed by atoms with Crippen LogP contribution < -0.4 is 5.43 Å². The van der Waals surface area contributed by atoms with Crippen molar-refractivity contribution in [2.45, 2.75) is 27.2 Å². The SMILES string of the molecule is CCN(CC)CCc1c(C)[nH]c(/C=C2/C(=O)NN=C2c2cnccn2)c1-c1ccon1. The number of hydrazone groups is 1. The number of H-pyrrole nitrogens is 1. The number of carbonyl (C=O) groups excluding carboxylic acids is 1. The van der Waals surface area contributed by atoms with Gasteiger partial charge >= 0.3 is 0 Å². The summed E-state index contributed by atoms with van der Waals surface area (Å²) in [5, 5.41) is 8.33. The highest BCUT2D eigenvalue weighted by atomic mass is 16.5. The molecule has 3 aromatic rings. The molecule has 9 nitrogen and oxygen atoms in total. The molecule has 0 atom stereocenters. The van der Waals surface area contributed by atoms with Crippen molar-refractivity contribution in [2.24, 2.45) is 5.10 Å². The van der Waals surface area contributed by atoms with Crippen LogP contribution in [0.15, 0.2) is 46.1 Å². The average Bonchev–Trinajstić information content (AvgIpc) is 3.50. The van der Waals surface area contributed by atoms with Crippen LogP contribution >= 0.6 is 0 Å². The number of carbonyl (C=O) groups is 1. The lowest BCUT2D eigenvalue weighted by atomic mass is 10.00. The lowest BCUT2D eigenvalue weighted by Crippen LogP contribution is -2.25. The first-order valence-corrected chi connectivity index (χ1v) is 10.3. The Morgan fingerprint density at radius 3 is 2.71 bits per heavy atom. The van der Waals surface area contributed by atoms with Gasteiger partial charge in [0.2, 0.25) is 0 Å². The lowest BCUT2D eigenvalue weighted by Gasteiger charge is -2.18. The summed E-state index contributed by atoms with van der Waals surface area (Å²) in [6.07, 6.45) is 8.94. The standard InChI is InChI=1S/C22H25N7O2/c1-4-29(5-2)10-6-15-14(3)25-18(20(15)17-7-11-31-28-17)12-16-21(26-27-22(16)30)19-13-23-8-9-24-19/h7-9,11-13,25H,4-6,10H2,1-3H3,(H,27,30)/b16-12+. The smallest absolute Gasteiger partial charge is 0.273 e. The summed E-state index contributed by atoms with van der Waals surface area (Å²) in [4.78, 5) is 26.7. The monoisotopic (exact) mass is 419 g/mol. The van der Waals surface area contributed by atoms with Gasteiger partial charge in [0.15, 0.2) is 0 Å². The molecule has 0 radical (unpaired) electrons. The van der Waals surface area contributed by atoms with Gasteiger partial charge in [0.1, 0.15) is 23.4 Å². The van der Waals surface area contributed by atoms with Crippen molar-refractivity contribution in [1.29, 1.82) is 0 Å². The zero-order valence-corrected chi connectivity index (χ0v) is 17.8. The summed E-state index contributed by atoms with van der Waals surface area (Å²) in [6, 6.07) is 1.83. The van der Waals surface area contributed by atoms with E-state index in [4.69, 9.17) is 4.52 Å². The summed E-state index contributed by atoms with van der Waals surface area (Å²) in [7, 11) is 0. The van der Waals surface area contributed by atoms with E-state index in [0.29, 0.717) is 17.0 Å². The summed E-state index contributed by atoms with van der Waals surface area (Å²) >= 11 is 0. The topological polar surface area (TPSA) is 112 Å². The minimum Gasteiger partial charge on any atom is -0.364 e. The maximum Gasteiger partial charge on any atom is 0.273 e. The number of nitrogens with zero attached hydrogens (tertiary/aromatic N) is 5. The molecule has 1 amide bonds. The fraction of sp³-hybridized carbons (Fsp3) is 0.318. The molecule has 31 heavy (non-hydrogen) atoms. The van der Waals surface area contributed by atoms with Crippen molar-refractivity contribution in [3.63, 3.8) is 0 Å². The maximum atomic E-state index is 12.5. The van der Waals surface area contributed by atoms with Crippen molar-refractivity contribution in [1.82, 2.24) is 30.4 Å². The first-order valence-electron chi connectivity index (χ1n) is 10.3. The Morgan fingerprint density at radius 1 is 1.19 bits per heavy atom. The van der Waals surface area contributed by atoms with Gasteiger partial charge in [-0.25, -0.2) is 5.43 Å². The van der Waals surface area contributed by atoms with Gasteiger partial charge < -0.3 is 14.4 Å². The number of likely N-dealkylation sites (N-methyl/N-ethyl adjacent to an activating group) is 1. The number of amides is 1. The fourth-order valence-corrected chi connectivity index (χ4v) is 3.78. The van der Waals surface area contributed by atoms with Crippen LogP contribution in [-0.2, 0) is 11.2 Å². The second kappa shape index (κ2) is 9.05. The molecule has 4 rings (SSSR count). The van der Waals surface area contributed by atoms with Gasteiger partial charge in [-0.05, 0) is 38.1 Å². The number of rotatable bonds is 8. The summed E-state index contributed by atoms with van der Waals surface area (Å²) in [5.74, 6) is -0.288. The molecule has 1 aliphatic heterocycles.